The van der Waals surface area contributed by atoms with Crippen molar-refractivity contribution in [2.45, 2.75) is 31.1 Å². The molecule has 0 atom stereocenters. The molecule has 5 nitrogen and oxygen atoms in total. The number of thioether (sulfide) groups is 1. The van der Waals surface area contributed by atoms with Gasteiger partial charge in [0.2, 0.25) is 0 Å². The minimum atomic E-state index is -1.17. The number of nitrogens with zero attached hydrogens (tertiary/aromatic N) is 1. The standard InChI is InChI=1S/C16H19FN2O3S/c1-2-3-4-15-19-13-6-5-12(7-14(13)22-15)23-10-11(8-17)9-18-16(20)21/h5-8,18H,2-4,9-10H2,1H3,(H,20,21). The zero-order valence-corrected chi connectivity index (χ0v) is 13.7. The molecule has 0 aliphatic rings. The van der Waals surface area contributed by atoms with Gasteiger partial charge in [-0.2, -0.15) is 0 Å². The van der Waals surface area contributed by atoms with Crippen LogP contribution in [0.25, 0.3) is 11.1 Å². The lowest BCUT2D eigenvalue weighted by Gasteiger charge is -2.05. The van der Waals surface area contributed by atoms with Crippen LogP contribution < -0.4 is 5.32 Å². The predicted molar refractivity (Wildman–Crippen MR) is 88.6 cm³/mol. The first kappa shape index (κ1) is 17.3. The SMILES string of the molecule is CCCCc1nc2ccc(SCC(=CF)CNC(=O)O)cc2o1. The molecule has 1 aromatic carbocycles. The third-order valence-electron chi connectivity index (χ3n) is 3.19. The van der Waals surface area contributed by atoms with Gasteiger partial charge in [0.1, 0.15) is 5.52 Å². The molecule has 0 saturated carbocycles. The van der Waals surface area contributed by atoms with E-state index in [1.54, 1.807) is 0 Å². The molecule has 23 heavy (non-hydrogen) atoms. The molecule has 1 amide bonds. The number of halogens is 1. The smallest absolute Gasteiger partial charge is 0.404 e. The number of rotatable bonds is 8. The normalized spacial score (nSPS) is 11.8. The van der Waals surface area contributed by atoms with Crippen molar-refractivity contribution in [3.05, 3.63) is 36.0 Å². The lowest BCUT2D eigenvalue weighted by Crippen LogP contribution is -2.23. The topological polar surface area (TPSA) is 75.4 Å². The summed E-state index contributed by atoms with van der Waals surface area (Å²) in [5, 5.41) is 10.7. The van der Waals surface area contributed by atoms with Gasteiger partial charge >= 0.3 is 6.09 Å². The van der Waals surface area contributed by atoms with Crippen molar-refractivity contribution in [3.8, 4) is 0 Å². The van der Waals surface area contributed by atoms with Gasteiger partial charge in [-0.1, -0.05) is 13.3 Å². The minimum Gasteiger partial charge on any atom is -0.465 e. The fraction of sp³-hybridized carbons (Fsp3) is 0.375. The maximum absolute atomic E-state index is 12.7. The molecule has 1 heterocycles. The Morgan fingerprint density at radius 1 is 1.52 bits per heavy atom. The molecule has 0 radical (unpaired) electrons. The van der Waals surface area contributed by atoms with Gasteiger partial charge in [0, 0.05) is 23.6 Å². The molecule has 0 saturated heterocycles. The minimum absolute atomic E-state index is 0.0233. The van der Waals surface area contributed by atoms with Crippen LogP contribution in [0.1, 0.15) is 25.7 Å². The number of nitrogens with one attached hydrogen (secondary N) is 1. The van der Waals surface area contributed by atoms with Crippen LogP contribution >= 0.6 is 11.8 Å². The molecule has 0 spiro atoms. The quantitative estimate of drug-likeness (QED) is 0.699. The molecule has 2 aromatic rings. The number of oxazole rings is 1. The maximum atomic E-state index is 12.7. The predicted octanol–water partition coefficient (Wildman–Crippen LogP) is 4.38. The van der Waals surface area contributed by atoms with Crippen molar-refractivity contribution in [1.29, 1.82) is 0 Å². The first-order valence-corrected chi connectivity index (χ1v) is 8.38. The number of hydrogen-bond donors (Lipinski definition) is 2. The molecule has 0 unspecified atom stereocenters. The van der Waals surface area contributed by atoms with Crippen LogP contribution in [0.5, 0.6) is 0 Å². The van der Waals surface area contributed by atoms with Crippen LogP contribution in [0, 0.1) is 0 Å². The summed E-state index contributed by atoms with van der Waals surface area (Å²) in [5.41, 5.74) is 1.91. The van der Waals surface area contributed by atoms with Gasteiger partial charge in [-0.25, -0.2) is 14.2 Å². The van der Waals surface area contributed by atoms with Crippen LogP contribution in [-0.4, -0.2) is 28.5 Å². The van der Waals surface area contributed by atoms with Crippen LogP contribution in [0.2, 0.25) is 0 Å². The summed E-state index contributed by atoms with van der Waals surface area (Å²) in [6.07, 6.45) is 2.22. The molecule has 7 heteroatoms. The van der Waals surface area contributed by atoms with E-state index in [4.69, 9.17) is 9.52 Å². The molecular formula is C16H19FN2O3S. The summed E-state index contributed by atoms with van der Waals surface area (Å²) in [6.45, 7) is 2.09. The Morgan fingerprint density at radius 2 is 2.35 bits per heavy atom. The fourth-order valence-corrected chi connectivity index (χ4v) is 2.84. The van der Waals surface area contributed by atoms with E-state index in [9.17, 15) is 9.18 Å². The van der Waals surface area contributed by atoms with E-state index in [2.05, 4.69) is 17.2 Å². The first-order chi connectivity index (χ1) is 11.1. The maximum Gasteiger partial charge on any atom is 0.404 e. The number of carbonyl (C=O) groups is 1. The number of carboxylic acid groups (broad SMARTS) is 1. The lowest BCUT2D eigenvalue weighted by atomic mass is 10.2. The van der Waals surface area contributed by atoms with Gasteiger partial charge in [-0.3, -0.25) is 0 Å². The number of benzene rings is 1. The second-order valence-corrected chi connectivity index (χ2v) is 6.10. The Labute approximate surface area is 138 Å². The summed E-state index contributed by atoms with van der Waals surface area (Å²) < 4.78 is 18.5. The summed E-state index contributed by atoms with van der Waals surface area (Å²) in [5.74, 6) is 1.10. The number of aryl methyl sites for hydroxylation is 1. The number of aromatic nitrogens is 1. The van der Waals surface area contributed by atoms with E-state index >= 15 is 0 Å². The van der Waals surface area contributed by atoms with Crippen LogP contribution in [0.4, 0.5) is 9.18 Å². The molecule has 0 bridgehead atoms. The van der Waals surface area contributed by atoms with Crippen molar-refractivity contribution in [2.75, 3.05) is 12.3 Å². The van der Waals surface area contributed by atoms with Crippen molar-refractivity contribution < 1.29 is 18.7 Å². The molecule has 0 aliphatic carbocycles. The molecule has 0 fully saturated rings. The highest BCUT2D eigenvalue weighted by Gasteiger charge is 2.08. The number of amides is 1. The van der Waals surface area contributed by atoms with E-state index < -0.39 is 6.09 Å². The number of unbranched alkanes of at least 4 members (excludes halogenated alkanes) is 1. The van der Waals surface area contributed by atoms with E-state index in [1.807, 2.05) is 18.2 Å². The second kappa shape index (κ2) is 8.57. The fourth-order valence-electron chi connectivity index (χ4n) is 1.96. The van der Waals surface area contributed by atoms with E-state index in [0.717, 1.165) is 41.1 Å². The Bertz CT molecular complexity index is 700. The van der Waals surface area contributed by atoms with Crippen LogP contribution in [0.3, 0.4) is 0 Å². The molecule has 2 N–H and O–H groups in total. The average molecular weight is 338 g/mol. The lowest BCUT2D eigenvalue weighted by molar-refractivity contribution is 0.195. The monoisotopic (exact) mass is 338 g/mol. The Hall–Kier alpha value is -2.02. The van der Waals surface area contributed by atoms with E-state index in [1.165, 1.54) is 11.8 Å². The Kier molecular flexibility index (Phi) is 6.46. The van der Waals surface area contributed by atoms with Gasteiger partial charge in [0.15, 0.2) is 11.5 Å². The van der Waals surface area contributed by atoms with Gasteiger partial charge in [0.05, 0.1) is 6.33 Å². The first-order valence-electron chi connectivity index (χ1n) is 7.39. The molecule has 2 rings (SSSR count). The van der Waals surface area contributed by atoms with Crippen molar-refractivity contribution in [1.82, 2.24) is 10.3 Å². The molecular weight excluding hydrogens is 319 g/mol. The van der Waals surface area contributed by atoms with Crippen LogP contribution in [0.15, 0.2) is 39.4 Å². The molecule has 1 aromatic heterocycles. The van der Waals surface area contributed by atoms with Gasteiger partial charge in [-0.15, -0.1) is 11.8 Å². The highest BCUT2D eigenvalue weighted by atomic mass is 32.2. The Balaban J connectivity index is 1.98. The third-order valence-corrected chi connectivity index (χ3v) is 4.30. The zero-order valence-electron chi connectivity index (χ0n) is 12.8. The molecule has 124 valence electrons. The summed E-state index contributed by atoms with van der Waals surface area (Å²) in [7, 11) is 0. The van der Waals surface area contributed by atoms with Gasteiger partial charge in [0.25, 0.3) is 0 Å². The van der Waals surface area contributed by atoms with E-state index in [0.29, 0.717) is 17.7 Å². The van der Waals surface area contributed by atoms with Crippen molar-refractivity contribution in [2.24, 2.45) is 0 Å². The summed E-state index contributed by atoms with van der Waals surface area (Å²) in [6, 6.07) is 5.66. The molecule has 0 aliphatic heterocycles. The highest BCUT2D eigenvalue weighted by Crippen LogP contribution is 2.26. The van der Waals surface area contributed by atoms with Crippen molar-refractivity contribution in [3.63, 3.8) is 0 Å². The van der Waals surface area contributed by atoms with Gasteiger partial charge in [-0.05, 0) is 30.2 Å². The second-order valence-electron chi connectivity index (χ2n) is 5.06. The summed E-state index contributed by atoms with van der Waals surface area (Å²) >= 11 is 1.42. The van der Waals surface area contributed by atoms with Gasteiger partial charge < -0.3 is 14.8 Å². The zero-order chi connectivity index (χ0) is 16.7. The number of fused-ring (bicyclic) bond motifs is 1. The highest BCUT2D eigenvalue weighted by molar-refractivity contribution is 7.99. The van der Waals surface area contributed by atoms with Crippen LogP contribution in [-0.2, 0) is 6.42 Å². The van der Waals surface area contributed by atoms with E-state index in [-0.39, 0.29) is 6.54 Å². The largest absolute Gasteiger partial charge is 0.465 e. The third kappa shape index (κ3) is 5.28. The number of hydrogen-bond acceptors (Lipinski definition) is 4. The van der Waals surface area contributed by atoms with Crippen molar-refractivity contribution >= 4 is 29.0 Å². The Morgan fingerprint density at radius 3 is 3.04 bits per heavy atom. The summed E-state index contributed by atoms with van der Waals surface area (Å²) in [4.78, 5) is 15.8. The average Bonchev–Trinajstić information content (AvgIpc) is 2.94.